The zero-order chi connectivity index (χ0) is 19.8. The number of thiocarbonyl (C=S) groups is 1. The molecule has 0 spiro atoms. The van der Waals surface area contributed by atoms with Crippen LogP contribution in [0.2, 0.25) is 0 Å². The Bertz CT molecular complexity index is 762. The third-order valence-corrected chi connectivity index (χ3v) is 5.35. The standard InChI is InChI=1S/C22H27N3O2S/c1-2-27-22(26)20(19-10-6-7-13-23-19)21(28)24-25-14-11-18(12-15-25)16-17-8-4-3-5-9-17/h3-10,13,18,20H,2,11-12,14-16H2,1H3,(H,24,28). The summed E-state index contributed by atoms with van der Waals surface area (Å²) in [6.07, 6.45) is 4.97. The fourth-order valence-corrected chi connectivity index (χ4v) is 3.90. The molecule has 1 fully saturated rings. The van der Waals surface area contributed by atoms with E-state index in [9.17, 15) is 4.79 Å². The Balaban J connectivity index is 1.56. The van der Waals surface area contributed by atoms with Crippen molar-refractivity contribution < 1.29 is 9.53 Å². The van der Waals surface area contributed by atoms with Gasteiger partial charge in [-0.15, -0.1) is 0 Å². The Morgan fingerprint density at radius 2 is 1.93 bits per heavy atom. The van der Waals surface area contributed by atoms with E-state index in [-0.39, 0.29) is 5.97 Å². The lowest BCUT2D eigenvalue weighted by atomic mass is 9.91. The maximum atomic E-state index is 12.5. The minimum Gasteiger partial charge on any atom is -0.465 e. The fraction of sp³-hybridized carbons (Fsp3) is 0.409. The van der Waals surface area contributed by atoms with Crippen LogP contribution in [0.1, 0.15) is 36.9 Å². The van der Waals surface area contributed by atoms with Crippen molar-refractivity contribution in [2.24, 2.45) is 5.92 Å². The number of ether oxygens (including phenoxy) is 1. The van der Waals surface area contributed by atoms with Gasteiger partial charge in [0, 0.05) is 19.3 Å². The van der Waals surface area contributed by atoms with Crippen LogP contribution in [0.4, 0.5) is 0 Å². The molecule has 2 aromatic rings. The van der Waals surface area contributed by atoms with E-state index in [1.54, 1.807) is 13.1 Å². The van der Waals surface area contributed by atoms with E-state index in [0.717, 1.165) is 32.4 Å². The van der Waals surface area contributed by atoms with E-state index in [4.69, 9.17) is 17.0 Å². The second-order valence-electron chi connectivity index (χ2n) is 7.04. The van der Waals surface area contributed by atoms with Crippen LogP contribution >= 0.6 is 12.2 Å². The summed E-state index contributed by atoms with van der Waals surface area (Å²) in [6.45, 7) is 3.90. The van der Waals surface area contributed by atoms with Crippen LogP contribution in [-0.2, 0) is 16.0 Å². The monoisotopic (exact) mass is 397 g/mol. The van der Waals surface area contributed by atoms with Crippen LogP contribution in [0.3, 0.4) is 0 Å². The van der Waals surface area contributed by atoms with Crippen LogP contribution in [0, 0.1) is 5.92 Å². The van der Waals surface area contributed by atoms with Gasteiger partial charge in [0.15, 0.2) is 5.92 Å². The van der Waals surface area contributed by atoms with Gasteiger partial charge >= 0.3 is 5.97 Å². The first-order valence-electron chi connectivity index (χ1n) is 9.84. The molecule has 1 unspecified atom stereocenters. The third-order valence-electron chi connectivity index (χ3n) is 5.02. The van der Waals surface area contributed by atoms with Gasteiger partial charge in [0.1, 0.15) is 4.99 Å². The Morgan fingerprint density at radius 3 is 2.57 bits per heavy atom. The molecule has 28 heavy (non-hydrogen) atoms. The van der Waals surface area contributed by atoms with E-state index >= 15 is 0 Å². The molecule has 1 saturated heterocycles. The van der Waals surface area contributed by atoms with Crippen LogP contribution in [0.5, 0.6) is 0 Å². The minimum absolute atomic E-state index is 0.315. The molecule has 0 amide bonds. The number of hydrazine groups is 1. The van der Waals surface area contributed by atoms with Gasteiger partial charge in [-0.25, -0.2) is 5.01 Å². The van der Waals surface area contributed by atoms with Crippen LogP contribution in [0.15, 0.2) is 54.7 Å². The lowest BCUT2D eigenvalue weighted by Gasteiger charge is -2.33. The predicted octanol–water partition coefficient (Wildman–Crippen LogP) is 3.52. The summed E-state index contributed by atoms with van der Waals surface area (Å²) in [6, 6.07) is 16.1. The topological polar surface area (TPSA) is 54.5 Å². The molecule has 0 aliphatic carbocycles. The summed E-state index contributed by atoms with van der Waals surface area (Å²) in [5.74, 6) is -0.374. The molecule has 0 saturated carbocycles. The first-order valence-corrected chi connectivity index (χ1v) is 10.2. The summed E-state index contributed by atoms with van der Waals surface area (Å²) < 4.78 is 5.23. The van der Waals surface area contributed by atoms with Gasteiger partial charge in [-0.1, -0.05) is 48.6 Å². The van der Waals surface area contributed by atoms with E-state index in [0.29, 0.717) is 23.2 Å². The highest BCUT2D eigenvalue weighted by Crippen LogP contribution is 2.22. The number of benzene rings is 1. The summed E-state index contributed by atoms with van der Waals surface area (Å²) in [5, 5.41) is 2.11. The van der Waals surface area contributed by atoms with Crippen molar-refractivity contribution in [3.8, 4) is 0 Å². The average Bonchev–Trinajstić information content (AvgIpc) is 2.71. The highest BCUT2D eigenvalue weighted by Gasteiger charge is 2.30. The number of hydrogen-bond acceptors (Lipinski definition) is 5. The normalized spacial score (nSPS) is 16.3. The Kier molecular flexibility index (Phi) is 7.51. The largest absolute Gasteiger partial charge is 0.465 e. The fourth-order valence-electron chi connectivity index (χ4n) is 3.55. The predicted molar refractivity (Wildman–Crippen MR) is 114 cm³/mol. The molecular weight excluding hydrogens is 370 g/mol. The molecular formula is C22H27N3O2S. The summed E-state index contributed by atoms with van der Waals surface area (Å²) >= 11 is 5.57. The van der Waals surface area contributed by atoms with E-state index in [1.807, 2.05) is 18.2 Å². The summed E-state index contributed by atoms with van der Waals surface area (Å²) in [5.41, 5.74) is 5.26. The van der Waals surface area contributed by atoms with Gasteiger partial charge in [0.25, 0.3) is 0 Å². The number of rotatable bonds is 7. The highest BCUT2D eigenvalue weighted by molar-refractivity contribution is 7.80. The number of esters is 1. The number of nitrogens with one attached hydrogen (secondary N) is 1. The van der Waals surface area contributed by atoms with Crippen LogP contribution in [-0.4, -0.2) is 40.6 Å². The average molecular weight is 398 g/mol. The first kappa shape index (κ1) is 20.4. The number of carbonyl (C=O) groups is 1. The quantitative estimate of drug-likeness (QED) is 0.570. The number of pyridine rings is 1. The molecule has 2 heterocycles. The molecule has 148 valence electrons. The van der Waals surface area contributed by atoms with Crippen molar-refractivity contribution in [2.75, 3.05) is 19.7 Å². The number of hydrogen-bond donors (Lipinski definition) is 1. The van der Waals surface area contributed by atoms with Crippen molar-refractivity contribution >= 4 is 23.2 Å². The molecule has 1 N–H and O–H groups in total. The lowest BCUT2D eigenvalue weighted by molar-refractivity contribution is -0.143. The van der Waals surface area contributed by atoms with Gasteiger partial charge < -0.3 is 10.2 Å². The number of piperidine rings is 1. The Labute approximate surface area is 172 Å². The minimum atomic E-state index is -0.682. The van der Waals surface area contributed by atoms with Crippen molar-refractivity contribution in [1.82, 2.24) is 15.4 Å². The molecule has 1 aromatic heterocycles. The first-order chi connectivity index (χ1) is 13.7. The molecule has 1 atom stereocenters. The van der Waals surface area contributed by atoms with Crippen molar-refractivity contribution in [2.45, 2.75) is 32.1 Å². The zero-order valence-corrected chi connectivity index (χ0v) is 17.0. The summed E-state index contributed by atoms with van der Waals surface area (Å²) in [4.78, 5) is 17.2. The van der Waals surface area contributed by atoms with Crippen LogP contribution < -0.4 is 5.43 Å². The van der Waals surface area contributed by atoms with Gasteiger partial charge in [-0.2, -0.15) is 0 Å². The molecule has 1 aliphatic heterocycles. The number of nitrogens with zero attached hydrogens (tertiary/aromatic N) is 2. The highest BCUT2D eigenvalue weighted by atomic mass is 32.1. The van der Waals surface area contributed by atoms with Gasteiger partial charge in [-0.05, 0) is 49.8 Å². The smallest absolute Gasteiger partial charge is 0.322 e. The van der Waals surface area contributed by atoms with Gasteiger partial charge in [0.2, 0.25) is 0 Å². The molecule has 1 aromatic carbocycles. The molecule has 1 aliphatic rings. The molecule has 3 rings (SSSR count). The second-order valence-corrected chi connectivity index (χ2v) is 7.48. The van der Waals surface area contributed by atoms with E-state index < -0.39 is 5.92 Å². The molecule has 6 heteroatoms. The summed E-state index contributed by atoms with van der Waals surface area (Å²) in [7, 11) is 0. The maximum Gasteiger partial charge on any atom is 0.322 e. The lowest BCUT2D eigenvalue weighted by Crippen LogP contribution is -2.49. The van der Waals surface area contributed by atoms with Gasteiger partial charge in [-0.3, -0.25) is 9.78 Å². The van der Waals surface area contributed by atoms with E-state index in [1.165, 1.54) is 5.56 Å². The van der Waals surface area contributed by atoms with E-state index in [2.05, 4.69) is 45.8 Å². The van der Waals surface area contributed by atoms with Crippen molar-refractivity contribution in [3.63, 3.8) is 0 Å². The Morgan fingerprint density at radius 1 is 1.21 bits per heavy atom. The number of aromatic nitrogens is 1. The van der Waals surface area contributed by atoms with Gasteiger partial charge in [0.05, 0.1) is 12.3 Å². The Hall–Kier alpha value is -2.31. The molecule has 0 bridgehead atoms. The SMILES string of the molecule is CCOC(=O)C(C(=S)NN1CCC(Cc2ccccc2)CC1)c1ccccn1. The molecule has 5 nitrogen and oxygen atoms in total. The number of carbonyl (C=O) groups excluding carboxylic acids is 1. The second kappa shape index (κ2) is 10.3. The molecule has 0 radical (unpaired) electrons. The van der Waals surface area contributed by atoms with Crippen molar-refractivity contribution in [1.29, 1.82) is 0 Å². The zero-order valence-electron chi connectivity index (χ0n) is 16.2. The van der Waals surface area contributed by atoms with Crippen molar-refractivity contribution in [3.05, 3.63) is 66.0 Å². The third kappa shape index (κ3) is 5.59. The maximum absolute atomic E-state index is 12.5. The van der Waals surface area contributed by atoms with Crippen LogP contribution in [0.25, 0.3) is 0 Å².